The molecule has 2 N–H and O–H groups in total. The number of carbonyl (C=O) groups excluding carboxylic acids is 1. The number of carbonyl (C=O) groups is 1. The van der Waals surface area contributed by atoms with Crippen LogP contribution in [0.4, 0.5) is 11.4 Å². The van der Waals surface area contributed by atoms with Gasteiger partial charge in [0, 0.05) is 36.1 Å². The molecule has 0 spiro atoms. The molecule has 1 aliphatic rings. The third-order valence-corrected chi connectivity index (χ3v) is 7.59. The van der Waals surface area contributed by atoms with Crippen molar-refractivity contribution in [2.24, 2.45) is 0 Å². The summed E-state index contributed by atoms with van der Waals surface area (Å²) in [7, 11) is 1.47. The number of ether oxygens (including phenoxy) is 1. The molecule has 9 heteroatoms. The summed E-state index contributed by atoms with van der Waals surface area (Å²) in [6.07, 6.45) is 1.80. The molecule has 2 aromatic heterocycles. The molecule has 7 nitrogen and oxygen atoms in total. The number of methoxy groups -OCH3 is 1. The number of rotatable bonds is 7. The van der Waals surface area contributed by atoms with Gasteiger partial charge < -0.3 is 24.8 Å². The van der Waals surface area contributed by atoms with Crippen molar-refractivity contribution in [3.63, 3.8) is 0 Å². The van der Waals surface area contributed by atoms with Crippen LogP contribution in [0.15, 0.2) is 72.9 Å². The zero-order valence-electron chi connectivity index (χ0n) is 22.2. The van der Waals surface area contributed by atoms with Crippen LogP contribution in [0.2, 0.25) is 5.02 Å². The minimum absolute atomic E-state index is 0.0529. The van der Waals surface area contributed by atoms with Gasteiger partial charge in [0.15, 0.2) is 5.11 Å². The fourth-order valence-electron chi connectivity index (χ4n) is 5.20. The minimum Gasteiger partial charge on any atom is -0.375 e. The number of nitrogens with one attached hydrogen (secondary N) is 2. The fourth-order valence-corrected chi connectivity index (χ4v) is 5.77. The SMILES string of the molecule is COCC(=O)Nc1ccc(N2C(=S)N[C@@H](c3ccccn3)[C@@H]2c2cc(C)n(-c3ccc(C)cc3)c2C)cc1Cl. The number of nitrogens with zero attached hydrogens (tertiary/aromatic N) is 3. The summed E-state index contributed by atoms with van der Waals surface area (Å²) < 4.78 is 7.18. The number of amides is 1. The van der Waals surface area contributed by atoms with E-state index in [1.807, 2.05) is 30.3 Å². The Morgan fingerprint density at radius 2 is 1.82 bits per heavy atom. The number of halogens is 1. The van der Waals surface area contributed by atoms with E-state index in [1.54, 1.807) is 12.3 Å². The molecule has 2 aromatic carbocycles. The van der Waals surface area contributed by atoms with Crippen LogP contribution in [0.25, 0.3) is 5.69 Å². The second-order valence-electron chi connectivity index (χ2n) is 9.64. The summed E-state index contributed by atoms with van der Waals surface area (Å²) in [6.45, 7) is 6.29. The lowest BCUT2D eigenvalue weighted by Gasteiger charge is -2.28. The van der Waals surface area contributed by atoms with Crippen LogP contribution >= 0.6 is 23.8 Å². The van der Waals surface area contributed by atoms with E-state index in [2.05, 4.69) is 76.2 Å². The Morgan fingerprint density at radius 1 is 1.08 bits per heavy atom. The Morgan fingerprint density at radius 3 is 2.49 bits per heavy atom. The van der Waals surface area contributed by atoms with E-state index in [-0.39, 0.29) is 24.6 Å². The van der Waals surface area contributed by atoms with Crippen LogP contribution in [0.1, 0.15) is 40.3 Å². The Labute approximate surface area is 238 Å². The molecule has 2 atom stereocenters. The van der Waals surface area contributed by atoms with E-state index < -0.39 is 0 Å². The molecule has 1 saturated heterocycles. The predicted octanol–water partition coefficient (Wildman–Crippen LogP) is 6.21. The van der Waals surface area contributed by atoms with Crippen molar-refractivity contribution < 1.29 is 9.53 Å². The summed E-state index contributed by atoms with van der Waals surface area (Å²) in [5.74, 6) is -0.276. The van der Waals surface area contributed by atoms with Crippen molar-refractivity contribution in [3.8, 4) is 5.69 Å². The third-order valence-electron chi connectivity index (χ3n) is 6.96. The molecule has 1 fully saturated rings. The van der Waals surface area contributed by atoms with Crippen molar-refractivity contribution in [3.05, 3.63) is 106 Å². The van der Waals surface area contributed by atoms with Crippen LogP contribution in [0.3, 0.4) is 0 Å². The average Bonchev–Trinajstić information content (AvgIpc) is 3.41. The summed E-state index contributed by atoms with van der Waals surface area (Å²) >= 11 is 12.5. The summed E-state index contributed by atoms with van der Waals surface area (Å²) in [4.78, 5) is 18.8. The number of benzene rings is 2. The lowest BCUT2D eigenvalue weighted by atomic mass is 9.96. The highest BCUT2D eigenvalue weighted by atomic mass is 35.5. The van der Waals surface area contributed by atoms with Crippen molar-refractivity contribution in [2.45, 2.75) is 32.9 Å². The quantitative estimate of drug-likeness (QED) is 0.262. The van der Waals surface area contributed by atoms with Gasteiger partial charge in [-0.15, -0.1) is 0 Å². The molecule has 4 aromatic rings. The molecule has 200 valence electrons. The van der Waals surface area contributed by atoms with Gasteiger partial charge in [-0.3, -0.25) is 9.78 Å². The van der Waals surface area contributed by atoms with Gasteiger partial charge in [-0.25, -0.2) is 0 Å². The van der Waals surface area contributed by atoms with Crippen LogP contribution in [-0.2, 0) is 9.53 Å². The highest BCUT2D eigenvalue weighted by molar-refractivity contribution is 7.80. The maximum atomic E-state index is 12.1. The fraction of sp³-hybridized carbons (Fsp3) is 0.233. The first-order chi connectivity index (χ1) is 18.8. The topological polar surface area (TPSA) is 71.4 Å². The van der Waals surface area contributed by atoms with E-state index in [9.17, 15) is 4.79 Å². The summed E-state index contributed by atoms with van der Waals surface area (Å²) in [5, 5.41) is 7.27. The molecular weight excluding hydrogens is 530 g/mol. The molecule has 0 radical (unpaired) electrons. The van der Waals surface area contributed by atoms with E-state index in [0.717, 1.165) is 34.0 Å². The van der Waals surface area contributed by atoms with E-state index in [4.69, 9.17) is 28.6 Å². The summed E-state index contributed by atoms with van der Waals surface area (Å²) in [5.41, 5.74) is 7.90. The smallest absolute Gasteiger partial charge is 0.250 e. The van der Waals surface area contributed by atoms with Gasteiger partial charge in [0.1, 0.15) is 6.61 Å². The molecule has 0 aliphatic carbocycles. The number of aromatic nitrogens is 2. The molecule has 1 aliphatic heterocycles. The molecule has 0 saturated carbocycles. The number of pyridine rings is 1. The molecule has 0 bridgehead atoms. The van der Waals surface area contributed by atoms with Crippen LogP contribution < -0.4 is 15.5 Å². The van der Waals surface area contributed by atoms with E-state index >= 15 is 0 Å². The Balaban J connectivity index is 1.60. The highest BCUT2D eigenvalue weighted by Crippen LogP contribution is 2.44. The van der Waals surface area contributed by atoms with E-state index in [1.165, 1.54) is 12.7 Å². The Bertz CT molecular complexity index is 1520. The molecule has 1 amide bonds. The van der Waals surface area contributed by atoms with Gasteiger partial charge >= 0.3 is 0 Å². The van der Waals surface area contributed by atoms with Crippen LogP contribution in [0, 0.1) is 20.8 Å². The van der Waals surface area contributed by atoms with Gasteiger partial charge in [-0.05, 0) is 87.1 Å². The number of hydrogen-bond donors (Lipinski definition) is 2. The van der Waals surface area contributed by atoms with Gasteiger partial charge in [-0.1, -0.05) is 35.4 Å². The van der Waals surface area contributed by atoms with Gasteiger partial charge in [0.05, 0.1) is 28.5 Å². The van der Waals surface area contributed by atoms with Crippen LogP contribution in [0.5, 0.6) is 0 Å². The number of aryl methyl sites for hydroxylation is 2. The number of anilines is 2. The monoisotopic (exact) mass is 559 g/mol. The van der Waals surface area contributed by atoms with Gasteiger partial charge in [0.2, 0.25) is 5.91 Å². The van der Waals surface area contributed by atoms with Crippen molar-refractivity contribution in [1.82, 2.24) is 14.9 Å². The predicted molar refractivity (Wildman–Crippen MR) is 160 cm³/mol. The lowest BCUT2D eigenvalue weighted by molar-refractivity contribution is -0.119. The highest BCUT2D eigenvalue weighted by Gasteiger charge is 2.42. The van der Waals surface area contributed by atoms with Crippen molar-refractivity contribution in [1.29, 1.82) is 0 Å². The van der Waals surface area contributed by atoms with Crippen LogP contribution in [-0.4, -0.2) is 34.3 Å². The first kappa shape index (κ1) is 26.9. The zero-order valence-corrected chi connectivity index (χ0v) is 23.8. The molecule has 3 heterocycles. The number of hydrogen-bond acceptors (Lipinski definition) is 4. The molecule has 5 rings (SSSR count). The Kier molecular flexibility index (Phi) is 7.70. The van der Waals surface area contributed by atoms with Gasteiger partial charge in [0.25, 0.3) is 0 Å². The third kappa shape index (κ3) is 5.28. The Hall–Kier alpha value is -3.72. The zero-order chi connectivity index (χ0) is 27.7. The molecular formula is C30H30ClN5O2S. The van der Waals surface area contributed by atoms with E-state index in [0.29, 0.717) is 15.8 Å². The second-order valence-corrected chi connectivity index (χ2v) is 10.4. The largest absolute Gasteiger partial charge is 0.375 e. The maximum Gasteiger partial charge on any atom is 0.250 e. The molecule has 0 unspecified atom stereocenters. The first-order valence-corrected chi connectivity index (χ1v) is 13.4. The molecule has 39 heavy (non-hydrogen) atoms. The standard InChI is InChI=1S/C30H30ClN5O2S/c1-18-8-10-21(11-9-18)35-19(2)15-23(20(35)3)29-28(26-7-5-6-14-32-26)34-30(39)36(29)22-12-13-25(24(31)16-22)33-27(37)17-38-4/h5-16,28-29H,17H2,1-4H3,(H,33,37)(H,34,39)/t28-,29-/m0/s1. The van der Waals surface area contributed by atoms with Gasteiger partial charge in [-0.2, -0.15) is 0 Å². The van der Waals surface area contributed by atoms with Crippen molar-refractivity contribution >= 4 is 46.2 Å². The normalized spacial score (nSPS) is 16.8. The number of thiocarbonyl (C=S) groups is 1. The van der Waals surface area contributed by atoms with Crippen molar-refractivity contribution in [2.75, 3.05) is 23.9 Å². The summed E-state index contributed by atoms with van der Waals surface area (Å²) in [6, 6.07) is 21.8. The maximum absolute atomic E-state index is 12.1. The lowest BCUT2D eigenvalue weighted by Crippen LogP contribution is -2.29. The second kappa shape index (κ2) is 11.2. The first-order valence-electron chi connectivity index (χ1n) is 12.6. The average molecular weight is 560 g/mol. The minimum atomic E-state index is -0.276.